The molecule has 0 amide bonds. The van der Waals surface area contributed by atoms with E-state index >= 15 is 0 Å². The largest absolute Gasteiger partial charge is 0.497 e. The molecule has 0 aliphatic heterocycles. The summed E-state index contributed by atoms with van der Waals surface area (Å²) in [5, 5.41) is 13.1. The van der Waals surface area contributed by atoms with Gasteiger partial charge in [-0.05, 0) is 37.7 Å². The predicted molar refractivity (Wildman–Crippen MR) is 77.2 cm³/mol. The van der Waals surface area contributed by atoms with Crippen LogP contribution in [-0.4, -0.2) is 24.4 Å². The molecule has 0 heterocycles. The number of halogens is 1. The van der Waals surface area contributed by atoms with E-state index < -0.39 is 0 Å². The average molecular weight is 281 g/mol. The summed E-state index contributed by atoms with van der Waals surface area (Å²) in [6.07, 6.45) is 4.11. The van der Waals surface area contributed by atoms with E-state index in [9.17, 15) is 9.50 Å². The molecule has 1 aliphatic carbocycles. The first kappa shape index (κ1) is 15.3. The second-order valence-corrected chi connectivity index (χ2v) is 5.93. The van der Waals surface area contributed by atoms with Crippen LogP contribution >= 0.6 is 0 Å². The van der Waals surface area contributed by atoms with Crippen LogP contribution in [0.1, 0.15) is 38.2 Å². The number of nitrogens with one attached hydrogen (secondary N) is 1. The summed E-state index contributed by atoms with van der Waals surface area (Å²) < 4.78 is 18.9. The Bertz CT molecular complexity index is 442. The van der Waals surface area contributed by atoms with Crippen LogP contribution in [0, 0.1) is 11.7 Å². The summed E-state index contributed by atoms with van der Waals surface area (Å²) >= 11 is 0. The van der Waals surface area contributed by atoms with E-state index in [1.807, 2.05) is 0 Å². The molecule has 1 aromatic carbocycles. The van der Waals surface area contributed by atoms with Crippen molar-refractivity contribution in [2.75, 3.05) is 13.7 Å². The maximum Gasteiger partial charge on any atom is 0.131 e. The Morgan fingerprint density at radius 1 is 1.40 bits per heavy atom. The van der Waals surface area contributed by atoms with Crippen LogP contribution in [0.2, 0.25) is 0 Å². The van der Waals surface area contributed by atoms with Crippen LogP contribution in [0.15, 0.2) is 18.2 Å². The molecular weight excluding hydrogens is 257 g/mol. The van der Waals surface area contributed by atoms with Crippen molar-refractivity contribution >= 4 is 0 Å². The highest BCUT2D eigenvalue weighted by molar-refractivity contribution is 5.29. The number of hydrogen-bond donors (Lipinski definition) is 2. The fourth-order valence-corrected chi connectivity index (χ4v) is 2.79. The fourth-order valence-electron chi connectivity index (χ4n) is 2.79. The maximum absolute atomic E-state index is 13.9. The molecular formula is C16H24FNO2. The highest BCUT2D eigenvalue weighted by Gasteiger charge is 2.33. The minimum atomic E-state index is -0.269. The molecule has 0 unspecified atom stereocenters. The second-order valence-electron chi connectivity index (χ2n) is 5.93. The van der Waals surface area contributed by atoms with E-state index in [2.05, 4.69) is 12.2 Å². The van der Waals surface area contributed by atoms with Gasteiger partial charge in [-0.15, -0.1) is 0 Å². The van der Waals surface area contributed by atoms with Crippen molar-refractivity contribution in [1.82, 2.24) is 5.32 Å². The molecule has 0 atom stereocenters. The zero-order valence-electron chi connectivity index (χ0n) is 12.3. The van der Waals surface area contributed by atoms with E-state index in [1.165, 1.54) is 13.2 Å². The van der Waals surface area contributed by atoms with E-state index in [-0.39, 0.29) is 18.0 Å². The molecule has 1 aliphatic rings. The highest BCUT2D eigenvalue weighted by atomic mass is 19.1. The summed E-state index contributed by atoms with van der Waals surface area (Å²) in [4.78, 5) is 0. The molecule has 0 spiro atoms. The van der Waals surface area contributed by atoms with Crippen LogP contribution in [0.4, 0.5) is 4.39 Å². The number of rotatable bonds is 5. The summed E-state index contributed by atoms with van der Waals surface area (Å²) in [5.74, 6) is 0.970. The normalized spacial score (nSPS) is 26.5. The molecule has 1 aromatic rings. The quantitative estimate of drug-likeness (QED) is 0.872. The predicted octanol–water partition coefficient (Wildman–Crippen LogP) is 2.87. The van der Waals surface area contributed by atoms with Gasteiger partial charge in [0, 0.05) is 23.7 Å². The molecule has 2 N–H and O–H groups in total. The standard InChI is InChI=1S/C16H24FNO2/c1-12-5-7-16(11-19,8-6-12)18-10-13-3-4-14(20-2)9-15(13)17/h3-4,9,12,18-19H,5-8,10-11H2,1-2H3. The van der Waals surface area contributed by atoms with Gasteiger partial charge in [0.05, 0.1) is 13.7 Å². The molecule has 112 valence electrons. The van der Waals surface area contributed by atoms with Gasteiger partial charge >= 0.3 is 0 Å². The van der Waals surface area contributed by atoms with Crippen molar-refractivity contribution in [1.29, 1.82) is 0 Å². The van der Waals surface area contributed by atoms with Crippen molar-refractivity contribution in [3.05, 3.63) is 29.6 Å². The molecule has 1 fully saturated rings. The van der Waals surface area contributed by atoms with Crippen molar-refractivity contribution < 1.29 is 14.2 Å². The van der Waals surface area contributed by atoms with Gasteiger partial charge in [-0.3, -0.25) is 0 Å². The Kier molecular flexibility index (Phi) is 5.00. The number of aliphatic hydroxyl groups is 1. The average Bonchev–Trinajstić information content (AvgIpc) is 2.48. The number of ether oxygens (including phenoxy) is 1. The Morgan fingerprint density at radius 3 is 2.65 bits per heavy atom. The van der Waals surface area contributed by atoms with E-state index in [0.29, 0.717) is 23.8 Å². The molecule has 0 aromatic heterocycles. The zero-order chi connectivity index (χ0) is 14.6. The molecule has 20 heavy (non-hydrogen) atoms. The van der Waals surface area contributed by atoms with Crippen LogP contribution in [0.5, 0.6) is 5.75 Å². The SMILES string of the molecule is COc1ccc(CNC2(CO)CCC(C)CC2)c(F)c1. The van der Waals surface area contributed by atoms with Crippen molar-refractivity contribution in [2.24, 2.45) is 5.92 Å². The second kappa shape index (κ2) is 6.55. The molecule has 0 saturated heterocycles. The van der Waals surface area contributed by atoms with Gasteiger partial charge in [0.15, 0.2) is 0 Å². The molecule has 0 bridgehead atoms. The molecule has 2 rings (SSSR count). The Morgan fingerprint density at radius 2 is 2.10 bits per heavy atom. The first-order chi connectivity index (χ1) is 9.58. The van der Waals surface area contributed by atoms with E-state index in [1.54, 1.807) is 12.1 Å². The van der Waals surface area contributed by atoms with Crippen molar-refractivity contribution in [2.45, 2.75) is 44.7 Å². The highest BCUT2D eigenvalue weighted by Crippen LogP contribution is 2.32. The first-order valence-corrected chi connectivity index (χ1v) is 7.27. The lowest BCUT2D eigenvalue weighted by Crippen LogP contribution is -2.50. The van der Waals surface area contributed by atoms with Gasteiger partial charge in [0.1, 0.15) is 11.6 Å². The van der Waals surface area contributed by atoms with E-state index in [0.717, 1.165) is 25.7 Å². The zero-order valence-corrected chi connectivity index (χ0v) is 12.3. The van der Waals surface area contributed by atoms with E-state index in [4.69, 9.17) is 4.74 Å². The van der Waals surface area contributed by atoms with Gasteiger partial charge in [-0.1, -0.05) is 13.0 Å². The van der Waals surface area contributed by atoms with Crippen LogP contribution in [0.25, 0.3) is 0 Å². The van der Waals surface area contributed by atoms with Crippen LogP contribution in [-0.2, 0) is 6.54 Å². The van der Waals surface area contributed by atoms with Gasteiger partial charge in [0.2, 0.25) is 0 Å². The Labute approximate surface area is 120 Å². The van der Waals surface area contributed by atoms with Crippen LogP contribution < -0.4 is 10.1 Å². The summed E-state index contributed by atoms with van der Waals surface area (Å²) in [5.41, 5.74) is 0.357. The number of aliphatic hydroxyl groups excluding tert-OH is 1. The maximum atomic E-state index is 13.9. The fraction of sp³-hybridized carbons (Fsp3) is 0.625. The third-order valence-corrected chi connectivity index (χ3v) is 4.45. The molecule has 3 nitrogen and oxygen atoms in total. The van der Waals surface area contributed by atoms with Gasteiger partial charge < -0.3 is 15.2 Å². The smallest absolute Gasteiger partial charge is 0.131 e. The Balaban J connectivity index is 2.00. The van der Waals surface area contributed by atoms with Crippen LogP contribution in [0.3, 0.4) is 0 Å². The van der Waals surface area contributed by atoms with Gasteiger partial charge in [-0.25, -0.2) is 4.39 Å². The lowest BCUT2D eigenvalue weighted by Gasteiger charge is -2.39. The number of hydrogen-bond acceptors (Lipinski definition) is 3. The monoisotopic (exact) mass is 281 g/mol. The van der Waals surface area contributed by atoms with Gasteiger partial charge in [0.25, 0.3) is 0 Å². The third-order valence-electron chi connectivity index (χ3n) is 4.45. The number of benzene rings is 1. The first-order valence-electron chi connectivity index (χ1n) is 7.27. The minimum absolute atomic E-state index is 0.109. The lowest BCUT2D eigenvalue weighted by molar-refractivity contribution is 0.104. The molecule has 0 radical (unpaired) electrons. The number of methoxy groups -OCH3 is 1. The lowest BCUT2D eigenvalue weighted by atomic mass is 9.77. The van der Waals surface area contributed by atoms with Crippen molar-refractivity contribution in [3.63, 3.8) is 0 Å². The third kappa shape index (κ3) is 3.49. The Hall–Kier alpha value is -1.13. The van der Waals surface area contributed by atoms with Gasteiger partial charge in [-0.2, -0.15) is 0 Å². The topological polar surface area (TPSA) is 41.5 Å². The summed E-state index contributed by atoms with van der Waals surface area (Å²) in [7, 11) is 1.52. The minimum Gasteiger partial charge on any atom is -0.497 e. The molecule has 4 heteroatoms. The summed E-state index contributed by atoms with van der Waals surface area (Å²) in [6, 6.07) is 4.89. The van der Waals surface area contributed by atoms with Crippen molar-refractivity contribution in [3.8, 4) is 5.75 Å². The molecule has 1 saturated carbocycles. The summed E-state index contributed by atoms with van der Waals surface area (Å²) in [6.45, 7) is 2.78.